The first-order valence-electron chi connectivity index (χ1n) is 16.0. The average molecular weight is 649 g/mol. The van der Waals surface area contributed by atoms with Crippen molar-refractivity contribution in [1.82, 2.24) is 0 Å². The van der Waals surface area contributed by atoms with Crippen molar-refractivity contribution in [3.8, 4) is 28.4 Å². The van der Waals surface area contributed by atoms with Crippen LogP contribution in [-0.4, -0.2) is 0 Å². The molecule has 4 nitrogen and oxygen atoms in total. The lowest BCUT2D eigenvalue weighted by Crippen LogP contribution is -2.07. The number of aryl methyl sites for hydroxylation is 1. The largest absolute Gasteiger partial charge is 0.441 e. The molecule has 0 fully saturated rings. The highest BCUT2D eigenvalue weighted by molar-refractivity contribution is 7.27. The van der Waals surface area contributed by atoms with Crippen LogP contribution in [-0.2, 0) is 4.52 Å². The normalized spacial score (nSPS) is 15.3. The van der Waals surface area contributed by atoms with Gasteiger partial charge in [-0.2, -0.15) is 0 Å². The monoisotopic (exact) mass is 648 g/mol. The van der Waals surface area contributed by atoms with Gasteiger partial charge in [0.15, 0.2) is 0 Å². The maximum atomic E-state index is 6.55. The van der Waals surface area contributed by atoms with Crippen LogP contribution >= 0.6 is 18.1 Å². The molecule has 1 aliphatic carbocycles. The summed E-state index contributed by atoms with van der Waals surface area (Å²) in [7, 11) is -0.424. The Morgan fingerprint density at radius 1 is 0.630 bits per heavy atom. The van der Waals surface area contributed by atoms with E-state index in [9.17, 15) is 0 Å². The van der Waals surface area contributed by atoms with Crippen LogP contribution < -0.4 is 13.6 Å². The van der Waals surface area contributed by atoms with Crippen molar-refractivity contribution in [2.45, 2.75) is 53.9 Å². The molecule has 236 valence electrons. The molecule has 3 unspecified atom stereocenters. The van der Waals surface area contributed by atoms with Gasteiger partial charge >= 0.3 is 0 Å². The predicted octanol–water partition coefficient (Wildman–Crippen LogP) is 12.5. The third-order valence-electron chi connectivity index (χ3n) is 8.48. The van der Waals surface area contributed by atoms with Crippen molar-refractivity contribution in [1.29, 1.82) is 0 Å². The van der Waals surface area contributed by atoms with Crippen molar-refractivity contribution in [2.24, 2.45) is 11.8 Å². The summed E-state index contributed by atoms with van der Waals surface area (Å²) in [6.45, 7) is 13.1. The third-order valence-corrected chi connectivity index (χ3v) is 9.69. The molecule has 0 heterocycles. The van der Waals surface area contributed by atoms with E-state index in [1.807, 2.05) is 6.07 Å². The van der Waals surface area contributed by atoms with Gasteiger partial charge in [0.2, 0.25) is 0 Å². The molecule has 0 radical (unpaired) electrons. The molecule has 0 spiro atoms. The van der Waals surface area contributed by atoms with Gasteiger partial charge in [0, 0.05) is 11.1 Å². The molecule has 1 aliphatic rings. The Labute approximate surface area is 276 Å². The highest BCUT2D eigenvalue weighted by atomic mass is 31.1. The molecule has 0 N–H and O–H groups in total. The van der Waals surface area contributed by atoms with Crippen molar-refractivity contribution < 1.29 is 18.1 Å². The highest BCUT2D eigenvalue weighted by Crippen LogP contribution is 2.48. The Hall–Kier alpha value is -3.84. The number of hydrogen-bond acceptors (Lipinski definition) is 4. The molecule has 3 atom stereocenters. The highest BCUT2D eigenvalue weighted by Gasteiger charge is 2.21. The summed E-state index contributed by atoms with van der Waals surface area (Å²) in [5.74, 6) is 4.46. The zero-order chi connectivity index (χ0) is 32.2. The fraction of sp³-hybridized carbons (Fsp3) is 0.250. The molecule has 5 aromatic rings. The van der Waals surface area contributed by atoms with E-state index in [-0.39, 0.29) is 18.1 Å². The summed E-state index contributed by atoms with van der Waals surface area (Å²) in [5.41, 5.74) is 5.53. The summed E-state index contributed by atoms with van der Waals surface area (Å²) in [6.07, 6.45) is 5.57. The SMILES string of the molecule is Cc1ccc(C(C)C)c(OPOc2ccc3ccccc3c2-c2c(OPOC3=CC(C)CC=C3C(C)C)ccc3ccccc23)c1. The summed E-state index contributed by atoms with van der Waals surface area (Å²) in [4.78, 5) is 0. The molecule has 5 aromatic carbocycles. The predicted molar refractivity (Wildman–Crippen MR) is 197 cm³/mol. The van der Waals surface area contributed by atoms with E-state index in [1.165, 1.54) is 11.1 Å². The Balaban J connectivity index is 1.38. The fourth-order valence-corrected chi connectivity index (χ4v) is 7.21. The van der Waals surface area contributed by atoms with E-state index in [2.05, 4.69) is 139 Å². The molecule has 6 heteroatoms. The number of benzene rings is 5. The molecule has 0 saturated carbocycles. The number of allylic oxidation sites excluding steroid dienone is 3. The van der Waals surface area contributed by atoms with Crippen molar-refractivity contribution in [3.63, 3.8) is 0 Å². The summed E-state index contributed by atoms with van der Waals surface area (Å²) < 4.78 is 25.8. The van der Waals surface area contributed by atoms with Crippen LogP contribution in [0.4, 0.5) is 0 Å². The van der Waals surface area contributed by atoms with Crippen LogP contribution in [0.3, 0.4) is 0 Å². The van der Waals surface area contributed by atoms with E-state index in [4.69, 9.17) is 18.1 Å². The minimum atomic E-state index is -0.223. The van der Waals surface area contributed by atoms with E-state index >= 15 is 0 Å². The number of fused-ring (bicyclic) bond motifs is 2. The fourth-order valence-electron chi connectivity index (χ4n) is 6.07. The zero-order valence-electron chi connectivity index (χ0n) is 27.4. The van der Waals surface area contributed by atoms with Crippen LogP contribution in [0, 0.1) is 18.8 Å². The minimum absolute atomic E-state index is 0.201. The quantitative estimate of drug-likeness (QED) is 0.134. The van der Waals surface area contributed by atoms with Crippen LogP contribution in [0.15, 0.2) is 114 Å². The molecule has 0 amide bonds. The molecule has 0 saturated heterocycles. The Kier molecular flexibility index (Phi) is 9.98. The second kappa shape index (κ2) is 14.3. The number of hydrogen-bond donors (Lipinski definition) is 0. The molecule has 0 aliphatic heterocycles. The van der Waals surface area contributed by atoms with Gasteiger partial charge in [0.1, 0.15) is 23.0 Å². The second-order valence-electron chi connectivity index (χ2n) is 12.6. The lowest BCUT2D eigenvalue weighted by molar-refractivity contribution is 0.413. The van der Waals surface area contributed by atoms with Crippen LogP contribution in [0.1, 0.15) is 58.1 Å². The van der Waals surface area contributed by atoms with E-state index in [0.717, 1.165) is 67.7 Å². The minimum Gasteiger partial charge on any atom is -0.441 e. The van der Waals surface area contributed by atoms with Crippen LogP contribution in [0.5, 0.6) is 17.2 Å². The maximum absolute atomic E-state index is 6.55. The Morgan fingerprint density at radius 3 is 1.78 bits per heavy atom. The standard InChI is InChI=1S/C40H42O4P2/c1-25(2)31-19-15-27(5)23-37(31)43-45-41-35-21-17-29-11-7-9-13-33(29)39(35)40-34-14-10-8-12-30(34)18-22-36(40)42-46-44-38-24-28(6)16-20-32(38)26(3)4/h7-15,17-26,28,45-46H,16H2,1-6H3. The zero-order valence-corrected chi connectivity index (χ0v) is 29.4. The first-order valence-corrected chi connectivity index (χ1v) is 17.7. The molecule has 46 heavy (non-hydrogen) atoms. The Morgan fingerprint density at radius 2 is 1.20 bits per heavy atom. The van der Waals surface area contributed by atoms with E-state index in [0.29, 0.717) is 17.8 Å². The molecule has 6 rings (SSSR count). The van der Waals surface area contributed by atoms with E-state index in [1.54, 1.807) is 0 Å². The number of rotatable bonds is 11. The third kappa shape index (κ3) is 6.95. The molecular formula is C40H42O4P2. The van der Waals surface area contributed by atoms with Crippen molar-refractivity contribution in [3.05, 3.63) is 126 Å². The first-order chi connectivity index (χ1) is 22.3. The van der Waals surface area contributed by atoms with Gasteiger partial charge in [-0.15, -0.1) is 0 Å². The van der Waals surface area contributed by atoms with Gasteiger partial charge in [-0.05, 0) is 93.6 Å². The van der Waals surface area contributed by atoms with Gasteiger partial charge in [-0.25, -0.2) is 0 Å². The summed E-state index contributed by atoms with van der Waals surface area (Å²) in [6, 6.07) is 31.5. The lowest BCUT2D eigenvalue weighted by Gasteiger charge is -2.23. The maximum Gasteiger partial charge on any atom is 0.275 e. The molecule has 0 aromatic heterocycles. The van der Waals surface area contributed by atoms with Gasteiger partial charge in [0.25, 0.3) is 18.1 Å². The van der Waals surface area contributed by atoms with Gasteiger partial charge in [0.05, 0.1) is 0 Å². The average Bonchev–Trinajstić information content (AvgIpc) is 3.04. The molecule has 0 bridgehead atoms. The van der Waals surface area contributed by atoms with Gasteiger partial charge < -0.3 is 18.1 Å². The lowest BCUT2D eigenvalue weighted by atomic mass is 9.91. The summed E-state index contributed by atoms with van der Waals surface area (Å²) >= 11 is 0. The van der Waals surface area contributed by atoms with E-state index < -0.39 is 0 Å². The van der Waals surface area contributed by atoms with Crippen molar-refractivity contribution in [2.75, 3.05) is 0 Å². The van der Waals surface area contributed by atoms with Crippen LogP contribution in [0.25, 0.3) is 32.7 Å². The topological polar surface area (TPSA) is 36.9 Å². The summed E-state index contributed by atoms with van der Waals surface area (Å²) in [5, 5.41) is 4.43. The molecular weight excluding hydrogens is 606 g/mol. The first kappa shape index (κ1) is 32.1. The smallest absolute Gasteiger partial charge is 0.275 e. The Bertz CT molecular complexity index is 1920. The van der Waals surface area contributed by atoms with Crippen molar-refractivity contribution >= 4 is 39.6 Å². The van der Waals surface area contributed by atoms with Gasteiger partial charge in [-0.1, -0.05) is 113 Å². The van der Waals surface area contributed by atoms with Gasteiger partial charge in [-0.3, -0.25) is 0 Å². The van der Waals surface area contributed by atoms with Crippen LogP contribution in [0.2, 0.25) is 0 Å². The second-order valence-corrected chi connectivity index (χ2v) is 13.8.